The van der Waals surface area contributed by atoms with Crippen molar-refractivity contribution in [3.63, 3.8) is 0 Å². The van der Waals surface area contributed by atoms with Gasteiger partial charge in [0.15, 0.2) is 0 Å². The summed E-state index contributed by atoms with van der Waals surface area (Å²) in [5.41, 5.74) is 3.12. The highest BCUT2D eigenvalue weighted by molar-refractivity contribution is 6.07. The Bertz CT molecular complexity index is 913. The fraction of sp³-hybridized carbons (Fsp3) is 0.440. The third-order valence-electron chi connectivity index (χ3n) is 5.90. The largest absolute Gasteiger partial charge is 0.494 e. The number of nitrogens with one attached hydrogen (secondary N) is 1. The molecule has 2 aliphatic rings. The SMILES string of the molecule is O=C1NC2=Nc3ccc(OCCCCCCCCO)cc3CN2C1Cc1ccccc1. The second kappa shape index (κ2) is 10.4. The molecule has 2 aliphatic heterocycles. The Morgan fingerprint density at radius 2 is 1.81 bits per heavy atom. The first kappa shape index (κ1) is 21.4. The summed E-state index contributed by atoms with van der Waals surface area (Å²) < 4.78 is 5.97. The van der Waals surface area contributed by atoms with E-state index in [1.807, 2.05) is 30.3 Å². The maximum atomic E-state index is 12.6. The highest BCUT2D eigenvalue weighted by Gasteiger charge is 2.39. The monoisotopic (exact) mass is 421 g/mol. The molecule has 0 aliphatic carbocycles. The number of carbonyl (C=O) groups excluding carboxylic acids is 1. The molecule has 1 unspecified atom stereocenters. The van der Waals surface area contributed by atoms with Crippen molar-refractivity contribution in [2.45, 2.75) is 57.5 Å². The molecular formula is C25H31N3O3. The van der Waals surface area contributed by atoms with Crippen LogP contribution >= 0.6 is 0 Å². The number of hydrogen-bond donors (Lipinski definition) is 2. The van der Waals surface area contributed by atoms with Crippen molar-refractivity contribution in [1.82, 2.24) is 10.2 Å². The molecule has 0 spiro atoms. The fourth-order valence-corrected chi connectivity index (χ4v) is 4.17. The van der Waals surface area contributed by atoms with E-state index in [0.717, 1.165) is 48.2 Å². The Morgan fingerprint density at radius 3 is 2.61 bits per heavy atom. The van der Waals surface area contributed by atoms with Crippen LogP contribution in [0.5, 0.6) is 5.75 Å². The summed E-state index contributed by atoms with van der Waals surface area (Å²) in [6.07, 6.45) is 7.20. The summed E-state index contributed by atoms with van der Waals surface area (Å²) in [7, 11) is 0. The van der Waals surface area contributed by atoms with E-state index in [0.29, 0.717) is 32.1 Å². The first-order valence-electron chi connectivity index (χ1n) is 11.3. The van der Waals surface area contributed by atoms with Crippen LogP contribution in [-0.4, -0.2) is 41.1 Å². The Balaban J connectivity index is 1.32. The fourth-order valence-electron chi connectivity index (χ4n) is 4.17. The number of amides is 1. The summed E-state index contributed by atoms with van der Waals surface area (Å²) in [4.78, 5) is 19.3. The molecule has 1 atom stereocenters. The van der Waals surface area contributed by atoms with Gasteiger partial charge in [-0.3, -0.25) is 10.1 Å². The maximum absolute atomic E-state index is 12.6. The predicted molar refractivity (Wildman–Crippen MR) is 121 cm³/mol. The van der Waals surface area contributed by atoms with Crippen LogP contribution in [0, 0.1) is 0 Å². The lowest BCUT2D eigenvalue weighted by Gasteiger charge is -2.28. The van der Waals surface area contributed by atoms with Gasteiger partial charge < -0.3 is 14.7 Å². The van der Waals surface area contributed by atoms with Gasteiger partial charge in [0, 0.05) is 25.1 Å². The molecule has 4 rings (SSSR count). The molecule has 1 amide bonds. The summed E-state index contributed by atoms with van der Waals surface area (Å²) in [6.45, 7) is 1.64. The van der Waals surface area contributed by atoms with E-state index in [1.165, 1.54) is 12.8 Å². The average Bonchev–Trinajstić information content (AvgIpc) is 3.08. The molecule has 31 heavy (non-hydrogen) atoms. The normalized spacial score (nSPS) is 17.1. The Morgan fingerprint density at radius 1 is 1.03 bits per heavy atom. The minimum atomic E-state index is -0.246. The van der Waals surface area contributed by atoms with Crippen LogP contribution < -0.4 is 10.1 Å². The minimum Gasteiger partial charge on any atom is -0.494 e. The first-order chi connectivity index (χ1) is 15.2. The van der Waals surface area contributed by atoms with Crippen LogP contribution in [0.2, 0.25) is 0 Å². The number of benzene rings is 2. The van der Waals surface area contributed by atoms with Crippen LogP contribution in [0.1, 0.15) is 49.7 Å². The van der Waals surface area contributed by atoms with E-state index in [1.54, 1.807) is 0 Å². The number of guanidine groups is 1. The molecule has 0 saturated carbocycles. The van der Waals surface area contributed by atoms with Crippen LogP contribution in [-0.2, 0) is 17.8 Å². The van der Waals surface area contributed by atoms with Gasteiger partial charge in [-0.05, 0) is 36.6 Å². The van der Waals surface area contributed by atoms with Crippen LogP contribution in [0.3, 0.4) is 0 Å². The van der Waals surface area contributed by atoms with E-state index < -0.39 is 0 Å². The number of carbonyl (C=O) groups is 1. The summed E-state index contributed by atoms with van der Waals surface area (Å²) in [5.74, 6) is 1.51. The van der Waals surface area contributed by atoms with Crippen molar-refractivity contribution in [3.8, 4) is 5.75 Å². The molecule has 0 radical (unpaired) electrons. The summed E-state index contributed by atoms with van der Waals surface area (Å²) in [5, 5.41) is 11.8. The van der Waals surface area contributed by atoms with Gasteiger partial charge in [-0.1, -0.05) is 56.0 Å². The molecule has 2 aromatic rings. The number of unbranched alkanes of at least 4 members (excludes halogenated alkanes) is 5. The molecular weight excluding hydrogens is 390 g/mol. The molecule has 1 saturated heterocycles. The highest BCUT2D eigenvalue weighted by Crippen LogP contribution is 2.32. The van der Waals surface area contributed by atoms with Gasteiger partial charge in [0.05, 0.1) is 12.3 Å². The van der Waals surface area contributed by atoms with Crippen LogP contribution in [0.4, 0.5) is 5.69 Å². The number of nitrogens with zero attached hydrogens (tertiary/aromatic N) is 2. The first-order valence-corrected chi connectivity index (χ1v) is 11.3. The topological polar surface area (TPSA) is 74.2 Å². The van der Waals surface area contributed by atoms with Gasteiger partial charge >= 0.3 is 0 Å². The number of aliphatic imine (C=N–C) groups is 1. The molecule has 0 bridgehead atoms. The molecule has 2 N–H and O–H groups in total. The molecule has 6 heteroatoms. The minimum absolute atomic E-state index is 0.00544. The van der Waals surface area contributed by atoms with E-state index >= 15 is 0 Å². The van der Waals surface area contributed by atoms with Crippen LogP contribution in [0.15, 0.2) is 53.5 Å². The maximum Gasteiger partial charge on any atom is 0.249 e. The van der Waals surface area contributed by atoms with Crippen molar-refractivity contribution in [1.29, 1.82) is 0 Å². The summed E-state index contributed by atoms with van der Waals surface area (Å²) >= 11 is 0. The lowest BCUT2D eigenvalue weighted by atomic mass is 10.0. The lowest BCUT2D eigenvalue weighted by molar-refractivity contribution is -0.121. The molecule has 1 fully saturated rings. The Hall–Kier alpha value is -2.86. The number of hydrogen-bond acceptors (Lipinski definition) is 5. The molecule has 6 nitrogen and oxygen atoms in total. The van der Waals surface area contributed by atoms with Gasteiger partial charge in [-0.15, -0.1) is 0 Å². The van der Waals surface area contributed by atoms with E-state index in [9.17, 15) is 4.79 Å². The second-order valence-corrected chi connectivity index (χ2v) is 8.24. The Kier molecular flexibility index (Phi) is 7.20. The second-order valence-electron chi connectivity index (χ2n) is 8.24. The third-order valence-corrected chi connectivity index (χ3v) is 5.90. The van der Waals surface area contributed by atoms with Gasteiger partial charge in [0.25, 0.3) is 0 Å². The smallest absolute Gasteiger partial charge is 0.249 e. The predicted octanol–water partition coefficient (Wildman–Crippen LogP) is 3.94. The van der Waals surface area contributed by atoms with Crippen molar-refractivity contribution in [3.05, 3.63) is 59.7 Å². The van der Waals surface area contributed by atoms with E-state index in [4.69, 9.17) is 9.84 Å². The standard InChI is InChI=1S/C25H31N3O3/c29-14-8-3-1-2-4-9-15-31-21-12-13-22-20(17-21)18-28-23(24(30)27-25(28)26-22)16-19-10-6-5-7-11-19/h5-7,10-13,17,23,29H,1-4,8-9,14-16,18H2,(H,26,27,30). The number of aliphatic hydroxyl groups is 1. The van der Waals surface area contributed by atoms with Gasteiger partial charge in [-0.25, -0.2) is 4.99 Å². The lowest BCUT2D eigenvalue weighted by Crippen LogP contribution is -2.38. The average molecular weight is 422 g/mol. The number of aliphatic hydroxyl groups excluding tert-OH is 1. The van der Waals surface area contributed by atoms with E-state index in [-0.39, 0.29) is 11.9 Å². The van der Waals surface area contributed by atoms with Crippen molar-refractivity contribution < 1.29 is 14.6 Å². The quantitative estimate of drug-likeness (QED) is 0.539. The zero-order chi connectivity index (χ0) is 21.5. The van der Waals surface area contributed by atoms with Gasteiger partial charge in [0.1, 0.15) is 11.8 Å². The highest BCUT2D eigenvalue weighted by atomic mass is 16.5. The van der Waals surface area contributed by atoms with Gasteiger partial charge in [0.2, 0.25) is 11.9 Å². The zero-order valence-electron chi connectivity index (χ0n) is 17.9. The number of fused-ring (bicyclic) bond motifs is 2. The van der Waals surface area contributed by atoms with Crippen molar-refractivity contribution in [2.24, 2.45) is 4.99 Å². The van der Waals surface area contributed by atoms with Gasteiger partial charge in [-0.2, -0.15) is 0 Å². The van der Waals surface area contributed by atoms with E-state index in [2.05, 4.69) is 33.4 Å². The number of ether oxygens (including phenoxy) is 1. The van der Waals surface area contributed by atoms with Crippen molar-refractivity contribution >= 4 is 17.6 Å². The third kappa shape index (κ3) is 5.44. The zero-order valence-corrected chi connectivity index (χ0v) is 17.9. The number of rotatable bonds is 11. The summed E-state index contributed by atoms with van der Waals surface area (Å²) in [6, 6.07) is 15.8. The molecule has 2 aromatic carbocycles. The molecule has 164 valence electrons. The molecule has 2 heterocycles. The van der Waals surface area contributed by atoms with Crippen molar-refractivity contribution in [2.75, 3.05) is 13.2 Å². The Labute approximate surface area is 183 Å². The molecule has 0 aromatic heterocycles. The van der Waals surface area contributed by atoms with Crippen LogP contribution in [0.25, 0.3) is 0 Å².